The van der Waals surface area contributed by atoms with Crippen LogP contribution in [0.3, 0.4) is 0 Å². The second kappa shape index (κ2) is 13.8. The summed E-state index contributed by atoms with van der Waals surface area (Å²) in [5, 5.41) is 5.53. The van der Waals surface area contributed by atoms with Crippen molar-refractivity contribution in [3.05, 3.63) is 57.8 Å². The smallest absolute Gasteiger partial charge is 0.221 e. The number of nitrogens with zero attached hydrogens (tertiary/aromatic N) is 3. The van der Waals surface area contributed by atoms with Crippen LogP contribution in [0.5, 0.6) is 0 Å². The fourth-order valence-corrected chi connectivity index (χ4v) is 4.69. The number of guanidine groups is 1. The van der Waals surface area contributed by atoms with Crippen LogP contribution >= 0.6 is 35.3 Å². The molecule has 8 heteroatoms. The maximum atomic E-state index is 11.5. The van der Waals surface area contributed by atoms with Crippen molar-refractivity contribution in [2.75, 3.05) is 33.2 Å². The maximum Gasteiger partial charge on any atom is 0.221 e. The number of likely N-dealkylation sites (tertiary alicyclic amines) is 1. The predicted octanol–water partition coefficient (Wildman–Crippen LogP) is 3.70. The molecule has 1 aliphatic rings. The molecular formula is C24H36IN5OS. The molecule has 1 fully saturated rings. The van der Waals surface area contributed by atoms with Crippen molar-refractivity contribution < 1.29 is 4.79 Å². The molecule has 1 aliphatic heterocycles. The van der Waals surface area contributed by atoms with Crippen molar-refractivity contribution in [2.45, 2.75) is 39.3 Å². The Labute approximate surface area is 213 Å². The maximum absolute atomic E-state index is 11.5. The summed E-state index contributed by atoms with van der Waals surface area (Å²) < 4.78 is 0. The van der Waals surface area contributed by atoms with Crippen molar-refractivity contribution in [2.24, 2.45) is 16.6 Å². The molecule has 1 amide bonds. The van der Waals surface area contributed by atoms with Crippen LogP contribution in [0.1, 0.15) is 35.8 Å². The molecule has 3 N–H and O–H groups in total. The first kappa shape index (κ1) is 26.6. The zero-order chi connectivity index (χ0) is 22.1. The SMILES string of the molecule is CCNC(=NCc1cccc(CN2CCCC(C(N)=O)C2)c1)N(C)CCc1cccs1.I. The van der Waals surface area contributed by atoms with Crippen LogP contribution in [-0.2, 0) is 24.3 Å². The summed E-state index contributed by atoms with van der Waals surface area (Å²) in [5.41, 5.74) is 7.98. The number of carbonyl (C=O) groups is 1. The van der Waals surface area contributed by atoms with E-state index >= 15 is 0 Å². The van der Waals surface area contributed by atoms with E-state index in [2.05, 4.69) is 70.9 Å². The Morgan fingerprint density at radius 2 is 2.12 bits per heavy atom. The monoisotopic (exact) mass is 569 g/mol. The second-order valence-corrected chi connectivity index (χ2v) is 9.25. The van der Waals surface area contributed by atoms with Gasteiger partial charge in [-0.3, -0.25) is 9.69 Å². The molecule has 1 saturated heterocycles. The van der Waals surface area contributed by atoms with E-state index in [-0.39, 0.29) is 35.8 Å². The van der Waals surface area contributed by atoms with Crippen molar-refractivity contribution in [1.82, 2.24) is 15.1 Å². The van der Waals surface area contributed by atoms with E-state index in [4.69, 9.17) is 10.7 Å². The Kier molecular flexibility index (Phi) is 11.5. The minimum Gasteiger partial charge on any atom is -0.369 e. The van der Waals surface area contributed by atoms with Gasteiger partial charge in [0.1, 0.15) is 0 Å². The lowest BCUT2D eigenvalue weighted by molar-refractivity contribution is -0.123. The van der Waals surface area contributed by atoms with E-state index < -0.39 is 0 Å². The van der Waals surface area contributed by atoms with Crippen LogP contribution in [0.15, 0.2) is 46.8 Å². The lowest BCUT2D eigenvalue weighted by atomic mass is 9.97. The molecular weight excluding hydrogens is 533 g/mol. The third kappa shape index (κ3) is 8.37. The van der Waals surface area contributed by atoms with Crippen LogP contribution in [0, 0.1) is 5.92 Å². The van der Waals surface area contributed by atoms with Gasteiger partial charge in [-0.2, -0.15) is 0 Å². The van der Waals surface area contributed by atoms with Gasteiger partial charge in [-0.25, -0.2) is 4.99 Å². The number of likely N-dealkylation sites (N-methyl/N-ethyl adjacent to an activating group) is 1. The number of nitrogens with one attached hydrogen (secondary N) is 1. The fourth-order valence-electron chi connectivity index (χ4n) is 3.99. The van der Waals surface area contributed by atoms with Gasteiger partial charge in [-0.15, -0.1) is 35.3 Å². The Balaban J connectivity index is 0.00000363. The Bertz CT molecular complexity index is 858. The molecule has 1 atom stereocenters. The highest BCUT2D eigenvalue weighted by molar-refractivity contribution is 14.0. The molecule has 0 aliphatic carbocycles. The third-order valence-corrected chi connectivity index (χ3v) is 6.62. The van der Waals surface area contributed by atoms with E-state index in [1.807, 2.05) is 0 Å². The molecule has 6 nitrogen and oxygen atoms in total. The molecule has 1 aromatic heterocycles. The van der Waals surface area contributed by atoms with Gasteiger partial charge < -0.3 is 16.0 Å². The molecule has 0 saturated carbocycles. The minimum atomic E-state index is -0.174. The first-order chi connectivity index (χ1) is 15.0. The van der Waals surface area contributed by atoms with Crippen LogP contribution in [-0.4, -0.2) is 54.9 Å². The van der Waals surface area contributed by atoms with Crippen LogP contribution < -0.4 is 11.1 Å². The van der Waals surface area contributed by atoms with E-state index in [9.17, 15) is 4.79 Å². The van der Waals surface area contributed by atoms with Crippen molar-refractivity contribution in [3.63, 3.8) is 0 Å². The quantitative estimate of drug-likeness (QED) is 0.275. The Morgan fingerprint density at radius 3 is 2.84 bits per heavy atom. The van der Waals surface area contributed by atoms with Crippen LogP contribution in [0.4, 0.5) is 0 Å². The van der Waals surface area contributed by atoms with Gasteiger partial charge in [0.25, 0.3) is 0 Å². The highest BCUT2D eigenvalue weighted by Gasteiger charge is 2.23. The topological polar surface area (TPSA) is 74.0 Å². The normalized spacial score (nSPS) is 16.9. The lowest BCUT2D eigenvalue weighted by Gasteiger charge is -2.31. The Morgan fingerprint density at radius 1 is 1.31 bits per heavy atom. The molecule has 32 heavy (non-hydrogen) atoms. The van der Waals surface area contributed by atoms with Gasteiger partial charge in [0.2, 0.25) is 5.91 Å². The van der Waals surface area contributed by atoms with E-state index in [1.54, 1.807) is 11.3 Å². The number of hydrogen-bond acceptors (Lipinski definition) is 4. The highest BCUT2D eigenvalue weighted by atomic mass is 127. The lowest BCUT2D eigenvalue weighted by Crippen LogP contribution is -2.40. The molecule has 0 bridgehead atoms. The Hall–Kier alpha value is -1.65. The van der Waals surface area contributed by atoms with Gasteiger partial charge in [0.15, 0.2) is 5.96 Å². The number of piperidine rings is 1. The average Bonchev–Trinajstić information content (AvgIpc) is 3.29. The number of halogens is 1. The predicted molar refractivity (Wildman–Crippen MR) is 145 cm³/mol. The number of carbonyl (C=O) groups excluding carboxylic acids is 1. The minimum absolute atomic E-state index is 0. The summed E-state index contributed by atoms with van der Waals surface area (Å²) in [6.45, 7) is 7.15. The number of rotatable bonds is 9. The van der Waals surface area contributed by atoms with Crippen LogP contribution in [0.25, 0.3) is 0 Å². The number of amides is 1. The van der Waals surface area contributed by atoms with Gasteiger partial charge in [-0.1, -0.05) is 30.3 Å². The zero-order valence-electron chi connectivity index (χ0n) is 19.1. The molecule has 3 rings (SSSR count). The summed E-state index contributed by atoms with van der Waals surface area (Å²) >= 11 is 1.80. The number of benzene rings is 1. The molecule has 1 unspecified atom stereocenters. The summed E-state index contributed by atoms with van der Waals surface area (Å²) in [7, 11) is 2.09. The van der Waals surface area contributed by atoms with Gasteiger partial charge in [0.05, 0.1) is 12.5 Å². The van der Waals surface area contributed by atoms with E-state index in [0.29, 0.717) is 6.54 Å². The molecule has 0 radical (unpaired) electrons. The largest absolute Gasteiger partial charge is 0.369 e. The summed E-state index contributed by atoms with van der Waals surface area (Å²) in [4.78, 5) is 22.3. The number of thiophene rings is 1. The summed E-state index contributed by atoms with van der Waals surface area (Å²) in [6.07, 6.45) is 2.96. The van der Waals surface area contributed by atoms with Crippen molar-refractivity contribution in [3.8, 4) is 0 Å². The van der Waals surface area contributed by atoms with E-state index in [0.717, 1.165) is 57.9 Å². The third-order valence-electron chi connectivity index (χ3n) is 5.69. The standard InChI is InChI=1S/C24H35N5OS.HI/c1-3-26-24(28(2)13-11-22-10-6-14-31-22)27-16-19-7-4-8-20(15-19)17-29-12-5-9-21(18-29)23(25)30;/h4,6-8,10,14-15,21H,3,5,9,11-13,16-18H2,1-2H3,(H2,25,30)(H,26,27);1H. The molecule has 2 aromatic rings. The van der Waals surface area contributed by atoms with Gasteiger partial charge in [-0.05, 0) is 55.3 Å². The van der Waals surface area contributed by atoms with E-state index in [1.165, 1.54) is 16.0 Å². The van der Waals surface area contributed by atoms with Gasteiger partial charge in [0, 0.05) is 38.1 Å². The zero-order valence-corrected chi connectivity index (χ0v) is 22.3. The molecule has 2 heterocycles. The van der Waals surface area contributed by atoms with Crippen molar-refractivity contribution in [1.29, 1.82) is 0 Å². The first-order valence-electron chi connectivity index (χ1n) is 11.2. The number of primary amides is 1. The second-order valence-electron chi connectivity index (χ2n) is 8.22. The molecule has 176 valence electrons. The highest BCUT2D eigenvalue weighted by Crippen LogP contribution is 2.19. The summed E-state index contributed by atoms with van der Waals surface area (Å²) in [5.74, 6) is 0.741. The summed E-state index contributed by atoms with van der Waals surface area (Å²) in [6, 6.07) is 12.9. The van der Waals surface area contributed by atoms with Crippen molar-refractivity contribution >= 4 is 47.2 Å². The average molecular weight is 570 g/mol. The number of aliphatic imine (C=N–C) groups is 1. The number of nitrogens with two attached hydrogens (primary N) is 1. The van der Waals surface area contributed by atoms with Crippen LogP contribution in [0.2, 0.25) is 0 Å². The van der Waals surface area contributed by atoms with Gasteiger partial charge >= 0.3 is 0 Å². The fraction of sp³-hybridized carbons (Fsp3) is 0.500. The molecule has 0 spiro atoms. The first-order valence-corrected chi connectivity index (χ1v) is 12.0. The number of hydrogen-bond donors (Lipinski definition) is 2. The molecule has 1 aromatic carbocycles.